The maximum absolute atomic E-state index is 14.0. The second kappa shape index (κ2) is 7.84. The van der Waals surface area contributed by atoms with Crippen LogP contribution in [0.4, 0.5) is 5.69 Å². The fourth-order valence-corrected chi connectivity index (χ4v) is 6.64. The van der Waals surface area contributed by atoms with E-state index in [-0.39, 0.29) is 28.8 Å². The molecule has 1 spiro atoms. The van der Waals surface area contributed by atoms with E-state index in [9.17, 15) is 14.7 Å². The van der Waals surface area contributed by atoms with Gasteiger partial charge in [0.05, 0.1) is 23.2 Å². The van der Waals surface area contributed by atoms with Crippen molar-refractivity contribution in [3.05, 3.63) is 78.4 Å². The fourth-order valence-electron chi connectivity index (χ4n) is 6.64. The summed E-state index contributed by atoms with van der Waals surface area (Å²) in [5, 5.41) is 14.1. The Morgan fingerprint density at radius 2 is 1.76 bits per heavy atom. The summed E-state index contributed by atoms with van der Waals surface area (Å²) >= 11 is 0. The molecule has 2 bridgehead atoms. The van der Waals surface area contributed by atoms with Crippen molar-refractivity contribution >= 4 is 17.5 Å². The number of hydrazine groups is 1. The first kappa shape index (κ1) is 21.9. The third kappa shape index (κ3) is 3.09. The summed E-state index contributed by atoms with van der Waals surface area (Å²) in [4.78, 5) is 27.9. The summed E-state index contributed by atoms with van der Waals surface area (Å²) < 4.78 is 0. The molecule has 1 saturated heterocycles. The lowest BCUT2D eigenvalue weighted by atomic mass is 9.67. The van der Waals surface area contributed by atoms with Gasteiger partial charge in [-0.3, -0.25) is 9.59 Å². The van der Waals surface area contributed by atoms with Crippen LogP contribution in [-0.4, -0.2) is 34.1 Å². The van der Waals surface area contributed by atoms with Crippen molar-refractivity contribution in [2.75, 3.05) is 5.01 Å². The van der Waals surface area contributed by atoms with Gasteiger partial charge in [0.15, 0.2) is 0 Å². The molecule has 2 amide bonds. The Labute approximate surface area is 195 Å². The Kier molecular flexibility index (Phi) is 5.20. The number of carbonyl (C=O) groups excluding carboxylic acids is 2. The molecule has 5 rings (SSSR count). The molecule has 2 aliphatic carbocycles. The summed E-state index contributed by atoms with van der Waals surface area (Å²) in [7, 11) is 0. The zero-order valence-electron chi connectivity index (χ0n) is 19.4. The number of hydrogen-bond donors (Lipinski definition) is 1. The molecule has 33 heavy (non-hydrogen) atoms. The van der Waals surface area contributed by atoms with Gasteiger partial charge >= 0.3 is 0 Å². The number of aryl methyl sites for hydroxylation is 1. The highest BCUT2D eigenvalue weighted by molar-refractivity contribution is 6.08. The van der Waals surface area contributed by atoms with Gasteiger partial charge in [-0.1, -0.05) is 69.0 Å². The van der Waals surface area contributed by atoms with E-state index in [4.69, 9.17) is 0 Å². The normalized spacial score (nSPS) is 28.2. The SMILES string of the molecule is C=C(C(=O)N1[C@@H]2C[C@H]3CC[C@@]2(C(=O)N1c1ccccc1)C3(C)C)[C@H](O)CCc1ccccc1. The lowest BCUT2D eigenvalue weighted by Gasteiger charge is -2.35. The molecule has 172 valence electrons. The van der Waals surface area contributed by atoms with Gasteiger partial charge in [0.2, 0.25) is 0 Å². The molecule has 4 atom stereocenters. The van der Waals surface area contributed by atoms with E-state index in [1.54, 1.807) is 10.0 Å². The first-order valence-corrected chi connectivity index (χ1v) is 11.9. The predicted molar refractivity (Wildman–Crippen MR) is 128 cm³/mol. The van der Waals surface area contributed by atoms with Crippen molar-refractivity contribution in [3.8, 4) is 0 Å². The molecule has 5 nitrogen and oxygen atoms in total. The average molecular weight is 445 g/mol. The lowest BCUT2D eigenvalue weighted by Crippen LogP contribution is -2.49. The van der Waals surface area contributed by atoms with Crippen LogP contribution in [0.25, 0.3) is 0 Å². The zero-order chi connectivity index (χ0) is 23.4. The van der Waals surface area contributed by atoms with Crippen LogP contribution in [0.15, 0.2) is 72.8 Å². The Balaban J connectivity index is 1.45. The van der Waals surface area contributed by atoms with E-state index in [2.05, 4.69) is 20.4 Å². The molecule has 2 saturated carbocycles. The van der Waals surface area contributed by atoms with Gasteiger partial charge in [-0.05, 0) is 61.1 Å². The smallest absolute Gasteiger partial charge is 0.271 e. The van der Waals surface area contributed by atoms with Gasteiger partial charge in [-0.15, -0.1) is 0 Å². The molecular weight excluding hydrogens is 412 g/mol. The van der Waals surface area contributed by atoms with E-state index in [1.807, 2.05) is 60.7 Å². The Morgan fingerprint density at radius 1 is 1.12 bits per heavy atom. The molecule has 2 aromatic carbocycles. The number of para-hydroxylation sites is 1. The predicted octanol–water partition coefficient (Wildman–Crippen LogP) is 4.52. The van der Waals surface area contributed by atoms with E-state index in [0.717, 1.165) is 24.8 Å². The van der Waals surface area contributed by atoms with E-state index >= 15 is 0 Å². The largest absolute Gasteiger partial charge is 0.388 e. The highest BCUT2D eigenvalue weighted by Gasteiger charge is 2.75. The molecule has 0 aromatic heterocycles. The standard InChI is InChI=1S/C28H32N2O3/c1-19(23(31)15-14-20-10-6-4-7-11-20)25(32)30-24-18-21-16-17-28(24,27(21,2)3)26(33)29(30)22-12-8-5-9-13-22/h4-13,21,23-24,31H,1,14-18H2,2-3H3/t21-,23-,24-,28-/m1/s1. The molecular formula is C28H32N2O3. The highest BCUT2D eigenvalue weighted by Crippen LogP contribution is 2.70. The first-order valence-electron chi connectivity index (χ1n) is 11.9. The third-order valence-corrected chi connectivity index (χ3v) is 8.65. The molecule has 1 N–H and O–H groups in total. The minimum absolute atomic E-state index is 0.00336. The van der Waals surface area contributed by atoms with Gasteiger partial charge < -0.3 is 5.11 Å². The topological polar surface area (TPSA) is 60.9 Å². The van der Waals surface area contributed by atoms with E-state index < -0.39 is 11.5 Å². The van der Waals surface area contributed by atoms with E-state index in [0.29, 0.717) is 24.4 Å². The molecule has 3 aliphatic rings. The van der Waals surface area contributed by atoms with Gasteiger partial charge in [-0.2, -0.15) is 0 Å². The number of aliphatic hydroxyl groups is 1. The number of rotatable bonds is 6. The quantitative estimate of drug-likeness (QED) is 0.667. The van der Waals surface area contributed by atoms with E-state index in [1.165, 1.54) is 0 Å². The van der Waals surface area contributed by atoms with Crippen molar-refractivity contribution < 1.29 is 14.7 Å². The van der Waals surface area contributed by atoms with Gasteiger partial charge in [0.1, 0.15) is 0 Å². The van der Waals surface area contributed by atoms with Crippen LogP contribution in [-0.2, 0) is 16.0 Å². The zero-order valence-corrected chi connectivity index (χ0v) is 19.4. The van der Waals surface area contributed by atoms with Gasteiger partial charge in [-0.25, -0.2) is 10.0 Å². The highest BCUT2D eigenvalue weighted by atomic mass is 16.3. The second-order valence-corrected chi connectivity index (χ2v) is 10.3. The summed E-state index contributed by atoms with van der Waals surface area (Å²) in [6.45, 7) is 8.36. The van der Waals surface area contributed by atoms with Crippen LogP contribution >= 0.6 is 0 Å². The maximum atomic E-state index is 14.0. The van der Waals surface area contributed by atoms with Crippen LogP contribution in [0.3, 0.4) is 0 Å². The Morgan fingerprint density at radius 3 is 2.39 bits per heavy atom. The molecule has 1 heterocycles. The van der Waals surface area contributed by atoms with Crippen LogP contribution < -0.4 is 5.01 Å². The van der Waals surface area contributed by atoms with Crippen molar-refractivity contribution in [1.29, 1.82) is 0 Å². The third-order valence-electron chi connectivity index (χ3n) is 8.65. The average Bonchev–Trinajstić information content (AvgIpc) is 3.35. The van der Waals surface area contributed by atoms with Crippen molar-refractivity contribution in [1.82, 2.24) is 5.01 Å². The number of hydrogen-bond acceptors (Lipinski definition) is 3. The van der Waals surface area contributed by atoms with Gasteiger partial charge in [0.25, 0.3) is 11.8 Å². The second-order valence-electron chi connectivity index (χ2n) is 10.3. The lowest BCUT2D eigenvalue weighted by molar-refractivity contribution is -0.132. The summed E-state index contributed by atoms with van der Waals surface area (Å²) in [6.07, 6.45) is 2.71. The number of nitrogens with zero attached hydrogens (tertiary/aromatic N) is 2. The molecule has 2 aromatic rings. The molecule has 0 radical (unpaired) electrons. The Bertz CT molecular complexity index is 1080. The van der Waals surface area contributed by atoms with Gasteiger partial charge in [0, 0.05) is 5.57 Å². The van der Waals surface area contributed by atoms with Crippen LogP contribution in [0.5, 0.6) is 0 Å². The van der Waals surface area contributed by atoms with Crippen LogP contribution in [0.2, 0.25) is 0 Å². The fraction of sp³-hybridized carbons (Fsp3) is 0.429. The molecule has 0 unspecified atom stereocenters. The number of benzene rings is 2. The summed E-state index contributed by atoms with van der Waals surface area (Å²) in [6, 6.07) is 19.1. The number of fused-ring (bicyclic) bond motifs is 1. The molecule has 5 heteroatoms. The number of anilines is 1. The summed E-state index contributed by atoms with van der Waals surface area (Å²) in [5.74, 6) is 0.0672. The van der Waals surface area contributed by atoms with Crippen molar-refractivity contribution in [3.63, 3.8) is 0 Å². The summed E-state index contributed by atoms with van der Waals surface area (Å²) in [5.41, 5.74) is 1.18. The molecule has 1 aliphatic heterocycles. The van der Waals surface area contributed by atoms with Crippen LogP contribution in [0, 0.1) is 16.7 Å². The Hall–Kier alpha value is -2.92. The minimum atomic E-state index is -0.964. The molecule has 3 fully saturated rings. The number of aliphatic hydroxyl groups excluding tert-OH is 1. The van der Waals surface area contributed by atoms with Crippen molar-refractivity contribution in [2.45, 2.75) is 58.1 Å². The first-order chi connectivity index (χ1) is 15.8. The number of amides is 2. The van der Waals surface area contributed by atoms with Crippen molar-refractivity contribution in [2.24, 2.45) is 16.7 Å². The van der Waals surface area contributed by atoms with Crippen LogP contribution in [0.1, 0.15) is 45.1 Å². The minimum Gasteiger partial charge on any atom is -0.388 e. The maximum Gasteiger partial charge on any atom is 0.271 e. The number of carbonyl (C=O) groups is 2. The monoisotopic (exact) mass is 444 g/mol.